The fourth-order valence-corrected chi connectivity index (χ4v) is 5.21. The Morgan fingerprint density at radius 1 is 1.03 bits per heavy atom. The van der Waals surface area contributed by atoms with Gasteiger partial charge in [0.1, 0.15) is 0 Å². The Labute approximate surface area is 193 Å². The lowest BCUT2D eigenvalue weighted by molar-refractivity contribution is -0.132. The molecular weight excluding hydrogens is 414 g/mol. The number of nitrogens with one attached hydrogen (secondary N) is 1. The van der Waals surface area contributed by atoms with Gasteiger partial charge in [-0.25, -0.2) is 0 Å². The summed E-state index contributed by atoms with van der Waals surface area (Å²) in [6.45, 7) is 5.64. The van der Waals surface area contributed by atoms with Crippen LogP contribution < -0.4 is 14.8 Å². The number of hydrogen-bond donors (Lipinski definition) is 1. The number of anilines is 1. The summed E-state index contributed by atoms with van der Waals surface area (Å²) in [5, 5.41) is 5.93. The zero-order valence-electron chi connectivity index (χ0n) is 19.3. The van der Waals surface area contributed by atoms with Crippen molar-refractivity contribution in [3.63, 3.8) is 0 Å². The first-order valence-corrected chi connectivity index (χ1v) is 11.2. The standard InChI is InChI=1S/C28H27NO4/c1-16(30)33-23-12-10-18(13-24(23)32-4)25-20-11-9-17-7-5-6-8-19(17)27(20)29-21-14-28(2,3)15-22(31)26(21)25/h5-13,25,29H,14-15H2,1-4H3. The van der Waals surface area contributed by atoms with Crippen molar-refractivity contribution in [1.29, 1.82) is 0 Å². The average molecular weight is 442 g/mol. The molecule has 1 atom stereocenters. The molecule has 0 saturated carbocycles. The number of esters is 1. The van der Waals surface area contributed by atoms with Crippen molar-refractivity contribution >= 4 is 28.2 Å². The average Bonchev–Trinajstić information content (AvgIpc) is 2.77. The predicted octanol–water partition coefficient (Wildman–Crippen LogP) is 5.97. The Hall–Kier alpha value is -3.60. The Morgan fingerprint density at radius 3 is 2.58 bits per heavy atom. The molecule has 0 saturated heterocycles. The van der Waals surface area contributed by atoms with E-state index in [1.165, 1.54) is 6.92 Å². The first-order chi connectivity index (χ1) is 15.8. The molecule has 1 N–H and O–H groups in total. The van der Waals surface area contributed by atoms with Gasteiger partial charge in [-0.15, -0.1) is 0 Å². The molecule has 2 aliphatic rings. The molecule has 0 radical (unpaired) electrons. The van der Waals surface area contributed by atoms with Gasteiger partial charge in [-0.3, -0.25) is 9.59 Å². The number of hydrogen-bond acceptors (Lipinski definition) is 5. The van der Waals surface area contributed by atoms with Gasteiger partial charge in [0.2, 0.25) is 0 Å². The van der Waals surface area contributed by atoms with Crippen molar-refractivity contribution in [3.8, 4) is 11.5 Å². The molecular formula is C28H27NO4. The molecule has 0 spiro atoms. The Balaban J connectivity index is 1.74. The van der Waals surface area contributed by atoms with Crippen LogP contribution in [0.1, 0.15) is 50.7 Å². The maximum absolute atomic E-state index is 13.5. The Morgan fingerprint density at radius 2 is 1.82 bits per heavy atom. The Kier molecular flexibility index (Phi) is 5.00. The maximum atomic E-state index is 13.5. The summed E-state index contributed by atoms with van der Waals surface area (Å²) >= 11 is 0. The third kappa shape index (κ3) is 3.67. The van der Waals surface area contributed by atoms with E-state index in [2.05, 4.69) is 43.4 Å². The number of allylic oxidation sites excluding steroid dienone is 2. The van der Waals surface area contributed by atoms with Crippen LogP contribution in [0.25, 0.3) is 10.8 Å². The summed E-state index contributed by atoms with van der Waals surface area (Å²) < 4.78 is 10.8. The number of carbonyl (C=O) groups excluding carboxylic acids is 2. The van der Waals surface area contributed by atoms with Gasteiger partial charge in [0.15, 0.2) is 17.3 Å². The number of fused-ring (bicyclic) bond motifs is 3. The molecule has 1 aliphatic carbocycles. The van der Waals surface area contributed by atoms with E-state index in [9.17, 15) is 9.59 Å². The normalized spacial score (nSPS) is 18.9. The van der Waals surface area contributed by atoms with Crippen LogP contribution in [-0.2, 0) is 9.59 Å². The van der Waals surface area contributed by atoms with E-state index in [1.807, 2.05) is 24.3 Å². The fourth-order valence-electron chi connectivity index (χ4n) is 5.21. The van der Waals surface area contributed by atoms with E-state index in [0.717, 1.165) is 45.3 Å². The largest absolute Gasteiger partial charge is 0.493 e. The minimum Gasteiger partial charge on any atom is -0.493 e. The third-order valence-electron chi connectivity index (χ3n) is 6.53. The number of benzene rings is 3. The second-order valence-corrected chi connectivity index (χ2v) is 9.65. The van der Waals surface area contributed by atoms with Crippen LogP contribution in [0.4, 0.5) is 5.69 Å². The van der Waals surface area contributed by atoms with Gasteiger partial charge in [-0.05, 0) is 40.5 Å². The van der Waals surface area contributed by atoms with Crippen LogP contribution in [0.5, 0.6) is 11.5 Å². The molecule has 5 heteroatoms. The fraction of sp³-hybridized carbons (Fsp3) is 0.286. The van der Waals surface area contributed by atoms with Crippen LogP contribution in [0.2, 0.25) is 0 Å². The molecule has 1 unspecified atom stereocenters. The highest BCUT2D eigenvalue weighted by atomic mass is 16.6. The van der Waals surface area contributed by atoms with Crippen LogP contribution in [0.15, 0.2) is 65.9 Å². The molecule has 0 amide bonds. The zero-order chi connectivity index (χ0) is 23.3. The van der Waals surface area contributed by atoms with Crippen molar-refractivity contribution in [1.82, 2.24) is 0 Å². The van der Waals surface area contributed by atoms with Crippen molar-refractivity contribution in [3.05, 3.63) is 77.0 Å². The van der Waals surface area contributed by atoms with Crippen molar-refractivity contribution < 1.29 is 19.1 Å². The summed E-state index contributed by atoms with van der Waals surface area (Å²) in [5.74, 6) is 0.362. The van der Waals surface area contributed by atoms with Crippen LogP contribution in [0.3, 0.4) is 0 Å². The van der Waals surface area contributed by atoms with Crippen LogP contribution in [0, 0.1) is 5.41 Å². The quantitative estimate of drug-likeness (QED) is 0.400. The van der Waals surface area contributed by atoms with Gasteiger partial charge in [0, 0.05) is 35.9 Å². The molecule has 3 aromatic carbocycles. The van der Waals surface area contributed by atoms with E-state index < -0.39 is 5.97 Å². The van der Waals surface area contributed by atoms with E-state index in [4.69, 9.17) is 9.47 Å². The SMILES string of the molecule is COc1cc(C2C3=C(CC(C)(C)CC3=O)Nc3c2ccc2ccccc32)ccc1OC(C)=O. The first-order valence-electron chi connectivity index (χ1n) is 11.2. The highest BCUT2D eigenvalue weighted by Crippen LogP contribution is 2.51. The number of carbonyl (C=O) groups is 2. The molecule has 3 aromatic rings. The molecule has 5 nitrogen and oxygen atoms in total. The summed E-state index contributed by atoms with van der Waals surface area (Å²) in [4.78, 5) is 25.0. The zero-order valence-corrected chi connectivity index (χ0v) is 19.3. The number of ether oxygens (including phenoxy) is 2. The molecule has 0 aromatic heterocycles. The highest BCUT2D eigenvalue weighted by molar-refractivity contribution is 6.05. The summed E-state index contributed by atoms with van der Waals surface area (Å²) in [6, 6.07) is 18.1. The van der Waals surface area contributed by atoms with E-state index in [-0.39, 0.29) is 17.1 Å². The lowest BCUT2D eigenvalue weighted by Crippen LogP contribution is -2.33. The number of ketones is 1. The second kappa shape index (κ2) is 7.77. The van der Waals surface area contributed by atoms with Gasteiger partial charge < -0.3 is 14.8 Å². The molecule has 33 heavy (non-hydrogen) atoms. The van der Waals surface area contributed by atoms with Crippen LogP contribution >= 0.6 is 0 Å². The van der Waals surface area contributed by atoms with Gasteiger partial charge in [-0.1, -0.05) is 56.3 Å². The van der Waals surface area contributed by atoms with Gasteiger partial charge in [0.25, 0.3) is 0 Å². The summed E-state index contributed by atoms with van der Waals surface area (Å²) in [6.07, 6.45) is 1.31. The molecule has 168 valence electrons. The smallest absolute Gasteiger partial charge is 0.308 e. The second-order valence-electron chi connectivity index (χ2n) is 9.65. The van der Waals surface area contributed by atoms with Gasteiger partial charge >= 0.3 is 5.97 Å². The third-order valence-corrected chi connectivity index (χ3v) is 6.53. The Bertz CT molecular complexity index is 1330. The van der Waals surface area contributed by atoms with E-state index in [1.54, 1.807) is 13.2 Å². The van der Waals surface area contributed by atoms with Crippen LogP contribution in [-0.4, -0.2) is 18.9 Å². The number of rotatable bonds is 3. The first kappa shape index (κ1) is 21.3. The molecule has 0 bridgehead atoms. The monoisotopic (exact) mass is 441 g/mol. The van der Waals surface area contributed by atoms with E-state index in [0.29, 0.717) is 17.9 Å². The van der Waals surface area contributed by atoms with Crippen molar-refractivity contribution in [2.75, 3.05) is 12.4 Å². The maximum Gasteiger partial charge on any atom is 0.308 e. The van der Waals surface area contributed by atoms with E-state index >= 15 is 0 Å². The predicted molar refractivity (Wildman–Crippen MR) is 129 cm³/mol. The minimum atomic E-state index is -0.408. The lowest BCUT2D eigenvalue weighted by atomic mass is 9.68. The summed E-state index contributed by atoms with van der Waals surface area (Å²) in [5.41, 5.74) is 4.74. The highest BCUT2D eigenvalue weighted by Gasteiger charge is 2.41. The lowest BCUT2D eigenvalue weighted by Gasteiger charge is -2.40. The number of methoxy groups -OCH3 is 1. The molecule has 5 rings (SSSR count). The molecule has 1 aliphatic heterocycles. The molecule has 0 fully saturated rings. The molecule has 1 heterocycles. The van der Waals surface area contributed by atoms with Crippen molar-refractivity contribution in [2.24, 2.45) is 5.41 Å². The minimum absolute atomic E-state index is 0.105. The topological polar surface area (TPSA) is 64.6 Å². The summed E-state index contributed by atoms with van der Waals surface area (Å²) in [7, 11) is 1.55. The van der Waals surface area contributed by atoms with Gasteiger partial charge in [-0.2, -0.15) is 0 Å². The van der Waals surface area contributed by atoms with Crippen molar-refractivity contribution in [2.45, 2.75) is 39.5 Å². The number of Topliss-reactive ketones (excluding diaryl/α,β-unsaturated/α-hetero) is 1. The van der Waals surface area contributed by atoms with Gasteiger partial charge in [0.05, 0.1) is 12.8 Å².